The molecule has 2 aromatic rings. The fourth-order valence-corrected chi connectivity index (χ4v) is 3.15. The van der Waals surface area contributed by atoms with E-state index in [1.807, 2.05) is 6.07 Å². The maximum absolute atomic E-state index is 12.9. The van der Waals surface area contributed by atoms with Crippen molar-refractivity contribution in [3.63, 3.8) is 0 Å². The number of amides is 1. The van der Waals surface area contributed by atoms with Crippen LogP contribution in [-0.2, 0) is 17.8 Å². The first-order chi connectivity index (χ1) is 12.1. The molecular weight excluding hydrogens is 317 g/mol. The fourth-order valence-electron chi connectivity index (χ4n) is 3.15. The Morgan fingerprint density at radius 3 is 2.44 bits per heavy atom. The van der Waals surface area contributed by atoms with Gasteiger partial charge in [0.05, 0.1) is 11.4 Å². The van der Waals surface area contributed by atoms with Crippen molar-refractivity contribution in [3.05, 3.63) is 59.4 Å². The molecule has 0 unspecified atom stereocenters. The SMILES string of the molecule is Nc1cc(CCC(=O)NCc2ccc(F)cc2)ccc1N1CCCC1. The summed E-state index contributed by atoms with van der Waals surface area (Å²) in [6, 6.07) is 12.2. The van der Waals surface area contributed by atoms with Crippen LogP contribution in [-0.4, -0.2) is 19.0 Å². The minimum absolute atomic E-state index is 0.0217. The normalized spacial score (nSPS) is 13.9. The first-order valence-electron chi connectivity index (χ1n) is 8.76. The summed E-state index contributed by atoms with van der Waals surface area (Å²) in [5.74, 6) is -0.295. The summed E-state index contributed by atoms with van der Waals surface area (Å²) in [7, 11) is 0. The monoisotopic (exact) mass is 341 g/mol. The Labute approximate surface area is 147 Å². The first kappa shape index (κ1) is 17.3. The van der Waals surface area contributed by atoms with Crippen LogP contribution in [0, 0.1) is 5.82 Å². The standard InChI is InChI=1S/C20H24FN3O/c21-17-7-3-16(4-8-17)14-23-20(25)10-6-15-5-9-19(18(22)13-15)24-11-1-2-12-24/h3-5,7-9,13H,1-2,6,10-12,14,22H2,(H,23,25). The van der Waals surface area contributed by atoms with Gasteiger partial charge < -0.3 is 16.0 Å². The lowest BCUT2D eigenvalue weighted by Gasteiger charge is -2.20. The Balaban J connectivity index is 1.48. The number of carbonyl (C=O) groups excluding carboxylic acids is 1. The largest absolute Gasteiger partial charge is 0.397 e. The van der Waals surface area contributed by atoms with Gasteiger partial charge in [0.2, 0.25) is 5.91 Å². The van der Waals surface area contributed by atoms with Crippen molar-refractivity contribution < 1.29 is 9.18 Å². The Morgan fingerprint density at radius 1 is 1.08 bits per heavy atom. The third kappa shape index (κ3) is 4.72. The molecule has 132 valence electrons. The minimum Gasteiger partial charge on any atom is -0.397 e. The lowest BCUT2D eigenvalue weighted by Crippen LogP contribution is -2.23. The molecule has 1 saturated heterocycles. The molecule has 0 aliphatic carbocycles. The summed E-state index contributed by atoms with van der Waals surface area (Å²) in [6.45, 7) is 2.54. The third-order valence-electron chi connectivity index (χ3n) is 4.58. The van der Waals surface area contributed by atoms with Gasteiger partial charge in [0.1, 0.15) is 5.82 Å². The second kappa shape index (κ2) is 8.01. The number of nitrogen functional groups attached to an aromatic ring is 1. The van der Waals surface area contributed by atoms with E-state index < -0.39 is 0 Å². The second-order valence-corrected chi connectivity index (χ2v) is 6.49. The van der Waals surface area contributed by atoms with Crippen LogP contribution in [0.3, 0.4) is 0 Å². The molecule has 0 bridgehead atoms. The third-order valence-corrected chi connectivity index (χ3v) is 4.58. The topological polar surface area (TPSA) is 58.4 Å². The van der Waals surface area contributed by atoms with E-state index in [1.165, 1.54) is 25.0 Å². The maximum Gasteiger partial charge on any atom is 0.220 e. The molecular formula is C20H24FN3O. The van der Waals surface area contributed by atoms with Crippen LogP contribution in [0.4, 0.5) is 15.8 Å². The summed E-state index contributed by atoms with van der Waals surface area (Å²) in [4.78, 5) is 14.3. The van der Waals surface area contributed by atoms with Crippen molar-refractivity contribution in [1.29, 1.82) is 0 Å². The van der Waals surface area contributed by atoms with Gasteiger partial charge in [0.15, 0.2) is 0 Å². The fraction of sp³-hybridized carbons (Fsp3) is 0.350. The van der Waals surface area contributed by atoms with Gasteiger partial charge in [-0.3, -0.25) is 4.79 Å². The quantitative estimate of drug-likeness (QED) is 0.793. The van der Waals surface area contributed by atoms with Crippen molar-refractivity contribution in [1.82, 2.24) is 5.32 Å². The molecule has 1 aliphatic rings. The molecule has 1 amide bonds. The highest BCUT2D eigenvalue weighted by Crippen LogP contribution is 2.27. The number of rotatable bonds is 6. The van der Waals surface area contributed by atoms with Gasteiger partial charge in [-0.05, 0) is 54.7 Å². The van der Waals surface area contributed by atoms with Crippen LogP contribution < -0.4 is 16.0 Å². The molecule has 0 atom stereocenters. The van der Waals surface area contributed by atoms with E-state index in [-0.39, 0.29) is 11.7 Å². The highest BCUT2D eigenvalue weighted by molar-refractivity contribution is 5.76. The van der Waals surface area contributed by atoms with Crippen molar-refractivity contribution in [2.45, 2.75) is 32.2 Å². The number of hydrogen-bond acceptors (Lipinski definition) is 3. The molecule has 0 radical (unpaired) electrons. The molecule has 25 heavy (non-hydrogen) atoms. The summed E-state index contributed by atoms with van der Waals surface area (Å²) >= 11 is 0. The van der Waals surface area contributed by atoms with Gasteiger partial charge in [0.25, 0.3) is 0 Å². The molecule has 1 fully saturated rings. The number of halogens is 1. The van der Waals surface area contributed by atoms with E-state index in [1.54, 1.807) is 12.1 Å². The van der Waals surface area contributed by atoms with Crippen LogP contribution in [0.15, 0.2) is 42.5 Å². The van der Waals surface area contributed by atoms with Crippen LogP contribution in [0.5, 0.6) is 0 Å². The number of carbonyl (C=O) groups is 1. The Morgan fingerprint density at radius 2 is 1.76 bits per heavy atom. The Kier molecular flexibility index (Phi) is 5.53. The number of nitrogens with zero attached hydrogens (tertiary/aromatic N) is 1. The van der Waals surface area contributed by atoms with Crippen molar-refractivity contribution in [3.8, 4) is 0 Å². The predicted octanol–water partition coefficient (Wildman–Crippen LogP) is 3.26. The Bertz CT molecular complexity index is 724. The molecule has 1 aliphatic heterocycles. The summed E-state index contributed by atoms with van der Waals surface area (Å²) < 4.78 is 12.9. The van der Waals surface area contributed by atoms with Crippen LogP contribution in [0.25, 0.3) is 0 Å². The molecule has 1 heterocycles. The number of nitrogens with one attached hydrogen (secondary N) is 1. The van der Waals surface area contributed by atoms with E-state index in [9.17, 15) is 9.18 Å². The number of nitrogens with two attached hydrogens (primary N) is 1. The van der Waals surface area contributed by atoms with Gasteiger partial charge in [-0.1, -0.05) is 18.2 Å². The number of aryl methyl sites for hydroxylation is 1. The molecule has 3 N–H and O–H groups in total. The van der Waals surface area contributed by atoms with E-state index >= 15 is 0 Å². The number of hydrogen-bond donors (Lipinski definition) is 2. The highest BCUT2D eigenvalue weighted by Gasteiger charge is 2.15. The van der Waals surface area contributed by atoms with Crippen molar-refractivity contribution in [2.75, 3.05) is 23.7 Å². The Hall–Kier alpha value is -2.56. The maximum atomic E-state index is 12.9. The van der Waals surface area contributed by atoms with Gasteiger partial charge in [-0.15, -0.1) is 0 Å². The average molecular weight is 341 g/mol. The lowest BCUT2D eigenvalue weighted by molar-refractivity contribution is -0.121. The van der Waals surface area contributed by atoms with Crippen LogP contribution in [0.2, 0.25) is 0 Å². The van der Waals surface area contributed by atoms with E-state index in [2.05, 4.69) is 22.3 Å². The van der Waals surface area contributed by atoms with Crippen LogP contribution >= 0.6 is 0 Å². The molecule has 3 rings (SSSR count). The van der Waals surface area contributed by atoms with Gasteiger partial charge in [-0.2, -0.15) is 0 Å². The van der Waals surface area contributed by atoms with E-state index in [4.69, 9.17) is 5.73 Å². The average Bonchev–Trinajstić information content (AvgIpc) is 3.14. The zero-order chi connectivity index (χ0) is 17.6. The summed E-state index contributed by atoms with van der Waals surface area (Å²) in [5, 5.41) is 2.86. The van der Waals surface area contributed by atoms with Gasteiger partial charge >= 0.3 is 0 Å². The van der Waals surface area contributed by atoms with Gasteiger partial charge in [-0.25, -0.2) is 4.39 Å². The van der Waals surface area contributed by atoms with Crippen molar-refractivity contribution >= 4 is 17.3 Å². The predicted molar refractivity (Wildman–Crippen MR) is 98.9 cm³/mol. The number of anilines is 2. The molecule has 5 heteroatoms. The van der Waals surface area contributed by atoms with Crippen LogP contribution in [0.1, 0.15) is 30.4 Å². The zero-order valence-corrected chi connectivity index (χ0v) is 14.3. The summed E-state index contributed by atoms with van der Waals surface area (Å²) in [6.07, 6.45) is 3.49. The molecule has 2 aromatic carbocycles. The molecule has 0 aromatic heterocycles. The number of benzene rings is 2. The second-order valence-electron chi connectivity index (χ2n) is 6.49. The zero-order valence-electron chi connectivity index (χ0n) is 14.3. The summed E-state index contributed by atoms with van der Waals surface area (Å²) in [5.41, 5.74) is 10.0. The van der Waals surface area contributed by atoms with E-state index in [0.717, 1.165) is 35.6 Å². The van der Waals surface area contributed by atoms with E-state index in [0.29, 0.717) is 19.4 Å². The van der Waals surface area contributed by atoms with Gasteiger partial charge in [0, 0.05) is 26.1 Å². The van der Waals surface area contributed by atoms with Crippen molar-refractivity contribution in [2.24, 2.45) is 0 Å². The minimum atomic E-state index is -0.273. The highest BCUT2D eigenvalue weighted by atomic mass is 19.1. The smallest absolute Gasteiger partial charge is 0.220 e. The first-order valence-corrected chi connectivity index (χ1v) is 8.76. The lowest BCUT2D eigenvalue weighted by atomic mass is 10.1. The molecule has 0 spiro atoms. The molecule has 4 nitrogen and oxygen atoms in total. The molecule has 0 saturated carbocycles.